The molecule has 5 heteroatoms. The van der Waals surface area contributed by atoms with E-state index in [1.54, 1.807) is 0 Å². The second-order valence-corrected chi connectivity index (χ2v) is 13.3. The van der Waals surface area contributed by atoms with Gasteiger partial charge in [-0.15, -0.1) is 6.58 Å². The van der Waals surface area contributed by atoms with Gasteiger partial charge >= 0.3 is 0 Å². The summed E-state index contributed by atoms with van der Waals surface area (Å²) in [5.74, 6) is -0.911. The van der Waals surface area contributed by atoms with E-state index in [0.29, 0.717) is 18.3 Å². The average molecular weight is 502 g/mol. The summed E-state index contributed by atoms with van der Waals surface area (Å²) in [6.07, 6.45) is 6.53. The molecule has 0 radical (unpaired) electrons. The van der Waals surface area contributed by atoms with Gasteiger partial charge in [0.25, 0.3) is 0 Å². The first kappa shape index (κ1) is 24.6. The summed E-state index contributed by atoms with van der Waals surface area (Å²) in [5, 5.41) is 2.49. The molecule has 3 aliphatic heterocycles. The summed E-state index contributed by atoms with van der Waals surface area (Å²) < 4.78 is 6.95. The van der Waals surface area contributed by atoms with Crippen LogP contribution < -0.4 is 10.1 Å². The number of ketones is 1. The fourth-order valence-corrected chi connectivity index (χ4v) is 9.90. The van der Waals surface area contributed by atoms with Crippen LogP contribution in [0.1, 0.15) is 53.0 Å². The molecule has 0 unspecified atom stereocenters. The lowest BCUT2D eigenvalue weighted by atomic mass is 9.53. The molecule has 7 rings (SSSR count). The van der Waals surface area contributed by atoms with Gasteiger partial charge in [0.1, 0.15) is 17.8 Å². The van der Waals surface area contributed by atoms with Crippen molar-refractivity contribution in [1.29, 1.82) is 0 Å². The van der Waals surface area contributed by atoms with Crippen molar-refractivity contribution < 1.29 is 19.1 Å². The van der Waals surface area contributed by atoms with E-state index in [-0.39, 0.29) is 41.0 Å². The van der Waals surface area contributed by atoms with Crippen molar-refractivity contribution in [2.24, 2.45) is 58.2 Å². The average Bonchev–Trinajstić information content (AvgIpc) is 3.23. The molecule has 3 heterocycles. The Bertz CT molecular complexity index is 1220. The van der Waals surface area contributed by atoms with Crippen molar-refractivity contribution in [1.82, 2.24) is 5.32 Å². The van der Waals surface area contributed by atoms with Gasteiger partial charge in [-0.2, -0.15) is 0 Å². The third kappa shape index (κ3) is 3.38. The van der Waals surface area contributed by atoms with Gasteiger partial charge in [0.2, 0.25) is 11.8 Å². The smallest absolute Gasteiger partial charge is 0.237 e. The molecule has 1 aromatic rings. The molecule has 3 fully saturated rings. The number of fused-ring (bicyclic) bond motifs is 4. The molecule has 2 saturated carbocycles. The minimum atomic E-state index is -0.990. The first-order valence-electron chi connectivity index (χ1n) is 14.0. The number of amides is 2. The SMILES string of the molecule is C=C[C@]1(C)C=C(C)[C@@H]2[C@@H]3[C@H](Oc4ccc(cc4)C[C@@H]4C(=O)NC(=O)[C@@H]4C(=O)[C@@H]31)[C@@H]1[C@H](C)C[C@H](C)C[C@]12C. The predicted molar refractivity (Wildman–Crippen MR) is 141 cm³/mol. The Morgan fingerprint density at radius 1 is 1.05 bits per heavy atom. The van der Waals surface area contributed by atoms with Gasteiger partial charge in [0.05, 0.1) is 5.92 Å². The Morgan fingerprint density at radius 3 is 2.43 bits per heavy atom. The maximum Gasteiger partial charge on any atom is 0.237 e. The number of Topliss-reactive ketones (excluding diaryl/α,β-unsaturated/α-hetero) is 1. The number of ether oxygens (including phenoxy) is 1. The molecule has 0 spiro atoms. The first-order chi connectivity index (χ1) is 17.5. The van der Waals surface area contributed by atoms with Crippen molar-refractivity contribution in [3.05, 3.63) is 54.1 Å². The molecular weight excluding hydrogens is 462 g/mol. The van der Waals surface area contributed by atoms with E-state index in [4.69, 9.17) is 4.74 Å². The second-order valence-electron chi connectivity index (χ2n) is 13.3. The number of hydrogen-bond acceptors (Lipinski definition) is 4. The second kappa shape index (κ2) is 8.15. The number of benzene rings is 1. The van der Waals surface area contributed by atoms with E-state index in [1.807, 2.05) is 30.3 Å². The van der Waals surface area contributed by atoms with E-state index >= 15 is 0 Å². The highest BCUT2D eigenvalue weighted by Crippen LogP contribution is 2.68. The normalized spacial score (nSPS) is 46.5. The Kier molecular flexibility index (Phi) is 5.43. The Hall–Kier alpha value is -2.69. The summed E-state index contributed by atoms with van der Waals surface area (Å²) in [6, 6.07) is 7.95. The van der Waals surface area contributed by atoms with E-state index < -0.39 is 29.1 Å². The lowest BCUT2D eigenvalue weighted by molar-refractivity contribution is -0.141. The molecule has 0 aromatic heterocycles. The molecule has 37 heavy (non-hydrogen) atoms. The molecule has 1 aromatic carbocycles. The molecule has 1 saturated heterocycles. The summed E-state index contributed by atoms with van der Waals surface area (Å²) in [5.41, 5.74) is 1.56. The predicted octanol–water partition coefficient (Wildman–Crippen LogP) is 5.15. The van der Waals surface area contributed by atoms with Gasteiger partial charge < -0.3 is 4.74 Å². The number of hydrogen-bond donors (Lipinski definition) is 1. The summed E-state index contributed by atoms with van der Waals surface area (Å²) in [6.45, 7) is 15.6. The number of allylic oxidation sites excluding steroid dienone is 3. The molecule has 1 N–H and O–H groups in total. The molecule has 196 valence electrons. The maximum absolute atomic E-state index is 14.7. The molecule has 2 amide bonds. The summed E-state index contributed by atoms with van der Waals surface area (Å²) >= 11 is 0. The van der Waals surface area contributed by atoms with Crippen molar-refractivity contribution >= 4 is 17.6 Å². The van der Waals surface area contributed by atoms with Crippen LogP contribution in [-0.2, 0) is 20.8 Å². The highest BCUT2D eigenvalue weighted by molar-refractivity contribution is 6.16. The third-order valence-corrected chi connectivity index (χ3v) is 10.8. The van der Waals surface area contributed by atoms with Crippen LogP contribution in [0.5, 0.6) is 5.75 Å². The number of rotatable bonds is 1. The van der Waals surface area contributed by atoms with Crippen molar-refractivity contribution in [2.45, 2.75) is 60.0 Å². The largest absolute Gasteiger partial charge is 0.490 e. The van der Waals surface area contributed by atoms with E-state index in [0.717, 1.165) is 24.2 Å². The van der Waals surface area contributed by atoms with E-state index in [9.17, 15) is 14.4 Å². The topological polar surface area (TPSA) is 72.5 Å². The van der Waals surface area contributed by atoms with Crippen molar-refractivity contribution in [2.75, 3.05) is 0 Å². The standard InChI is InChI=1S/C32H39NO4/c1-7-31(5)15-18(4)24-23-26(31)27(34)22-21(29(35)33-30(22)36)13-19-8-10-20(11-9-19)37-28(23)25-17(3)12-16(2)14-32(24,25)6/h7-11,15-17,21-26,28H,1,12-14H2,2-6H3,(H,33,35,36)/t16-,17+,21-,22-,23-,24+,25-,26+,28-,31+,32-/m0/s1. The quantitative estimate of drug-likeness (QED) is 0.328. The van der Waals surface area contributed by atoms with Gasteiger partial charge in [0, 0.05) is 23.2 Å². The van der Waals surface area contributed by atoms with Crippen LogP contribution in [0.15, 0.2) is 48.6 Å². The Morgan fingerprint density at radius 2 is 1.76 bits per heavy atom. The van der Waals surface area contributed by atoms with Crippen LogP contribution in [0.2, 0.25) is 0 Å². The number of carbonyl (C=O) groups excluding carboxylic acids is 3. The Labute approximate surface area is 220 Å². The fraction of sp³-hybridized carbons (Fsp3) is 0.594. The molecule has 6 aliphatic rings. The summed E-state index contributed by atoms with van der Waals surface area (Å²) in [7, 11) is 0. The van der Waals surface area contributed by atoms with Gasteiger partial charge in [-0.25, -0.2) is 0 Å². The minimum Gasteiger partial charge on any atom is -0.490 e. The monoisotopic (exact) mass is 501 g/mol. The Balaban J connectivity index is 1.61. The van der Waals surface area contributed by atoms with Gasteiger partial charge in [-0.1, -0.05) is 57.6 Å². The van der Waals surface area contributed by atoms with Crippen molar-refractivity contribution in [3.63, 3.8) is 0 Å². The maximum atomic E-state index is 14.7. The van der Waals surface area contributed by atoms with Crippen LogP contribution in [0, 0.1) is 58.2 Å². The zero-order chi connectivity index (χ0) is 26.4. The third-order valence-electron chi connectivity index (χ3n) is 10.8. The molecule has 3 aliphatic carbocycles. The highest BCUT2D eigenvalue weighted by atomic mass is 16.5. The van der Waals surface area contributed by atoms with Gasteiger partial charge in [-0.05, 0) is 67.1 Å². The molecular formula is C32H39NO4. The van der Waals surface area contributed by atoms with E-state index in [1.165, 1.54) is 5.57 Å². The minimum absolute atomic E-state index is 0.0265. The van der Waals surface area contributed by atoms with Crippen LogP contribution in [-0.4, -0.2) is 23.7 Å². The van der Waals surface area contributed by atoms with Gasteiger partial charge in [0.15, 0.2) is 5.78 Å². The summed E-state index contributed by atoms with van der Waals surface area (Å²) in [4.78, 5) is 40.9. The van der Waals surface area contributed by atoms with Crippen LogP contribution in [0.3, 0.4) is 0 Å². The first-order valence-corrected chi connectivity index (χ1v) is 14.0. The molecule has 5 nitrogen and oxygen atoms in total. The molecule has 11 atom stereocenters. The number of imide groups is 1. The van der Waals surface area contributed by atoms with E-state index in [2.05, 4.69) is 52.6 Å². The highest BCUT2D eigenvalue weighted by Gasteiger charge is 2.68. The zero-order valence-corrected chi connectivity index (χ0v) is 22.6. The van der Waals surface area contributed by atoms with Crippen LogP contribution in [0.4, 0.5) is 0 Å². The lowest BCUT2D eigenvalue weighted by Gasteiger charge is -2.50. The lowest BCUT2D eigenvalue weighted by Crippen LogP contribution is -2.51. The zero-order valence-electron chi connectivity index (χ0n) is 22.6. The fourth-order valence-electron chi connectivity index (χ4n) is 9.90. The molecule has 2 bridgehead atoms. The van der Waals surface area contributed by atoms with Crippen LogP contribution >= 0.6 is 0 Å². The van der Waals surface area contributed by atoms with Crippen LogP contribution in [0.25, 0.3) is 0 Å². The van der Waals surface area contributed by atoms with Gasteiger partial charge in [-0.3, -0.25) is 19.7 Å². The number of carbonyl (C=O) groups is 3. The van der Waals surface area contributed by atoms with Crippen molar-refractivity contribution in [3.8, 4) is 5.75 Å². The number of nitrogens with one attached hydrogen (secondary N) is 1.